The quantitative estimate of drug-likeness (QED) is 0.607. The molecule has 2 aromatic heterocycles. The Morgan fingerprint density at radius 1 is 1.39 bits per heavy atom. The van der Waals surface area contributed by atoms with Crippen LogP contribution in [0.4, 0.5) is 0 Å². The number of benzene rings is 1. The third-order valence-corrected chi connectivity index (χ3v) is 4.48. The number of fused-ring (bicyclic) bond motifs is 1. The molecule has 28 heavy (non-hydrogen) atoms. The van der Waals surface area contributed by atoms with Crippen molar-refractivity contribution in [2.24, 2.45) is 0 Å². The second-order valence-corrected chi connectivity index (χ2v) is 6.78. The van der Waals surface area contributed by atoms with E-state index in [1.807, 2.05) is 37.4 Å². The van der Waals surface area contributed by atoms with Gasteiger partial charge in [0.2, 0.25) is 0 Å². The van der Waals surface area contributed by atoms with E-state index in [1.54, 1.807) is 10.9 Å². The first-order valence-corrected chi connectivity index (χ1v) is 8.92. The first-order chi connectivity index (χ1) is 13.5. The van der Waals surface area contributed by atoms with E-state index in [9.17, 15) is 14.7 Å². The number of nitrogens with one attached hydrogen (secondary N) is 2. The Kier molecular flexibility index (Phi) is 4.66. The van der Waals surface area contributed by atoms with Gasteiger partial charge in [0.15, 0.2) is 5.69 Å². The molecule has 0 saturated heterocycles. The van der Waals surface area contributed by atoms with E-state index in [0.29, 0.717) is 0 Å². The zero-order chi connectivity index (χ0) is 19.7. The fraction of sp³-hybridized carbons (Fsp3) is 0.263. The SMILES string of the molecule is Cc1cccc(-n2cc(CNC(=O)c3cc4n(n3)C[C@H](O)CNC4=O)cn2)c1. The van der Waals surface area contributed by atoms with Gasteiger partial charge in [0.1, 0.15) is 5.69 Å². The molecule has 0 radical (unpaired) electrons. The molecular weight excluding hydrogens is 360 g/mol. The highest BCUT2D eigenvalue weighted by atomic mass is 16.3. The van der Waals surface area contributed by atoms with Crippen LogP contribution in [0.15, 0.2) is 42.7 Å². The Balaban J connectivity index is 1.43. The maximum Gasteiger partial charge on any atom is 0.272 e. The molecule has 0 saturated carbocycles. The van der Waals surface area contributed by atoms with Crippen LogP contribution in [0.5, 0.6) is 0 Å². The number of nitrogens with zero attached hydrogens (tertiary/aromatic N) is 4. The molecule has 9 nitrogen and oxygen atoms in total. The summed E-state index contributed by atoms with van der Waals surface area (Å²) in [4.78, 5) is 24.4. The molecule has 0 spiro atoms. The molecule has 0 unspecified atom stereocenters. The van der Waals surface area contributed by atoms with Gasteiger partial charge in [-0.1, -0.05) is 12.1 Å². The van der Waals surface area contributed by atoms with Crippen molar-refractivity contribution in [3.05, 3.63) is 65.2 Å². The van der Waals surface area contributed by atoms with Crippen molar-refractivity contribution in [1.29, 1.82) is 0 Å². The van der Waals surface area contributed by atoms with E-state index >= 15 is 0 Å². The highest BCUT2D eigenvalue weighted by Crippen LogP contribution is 2.12. The molecular formula is C19H20N6O3. The Morgan fingerprint density at radius 3 is 3.07 bits per heavy atom. The highest BCUT2D eigenvalue weighted by molar-refractivity contribution is 5.98. The molecule has 3 N–H and O–H groups in total. The first-order valence-electron chi connectivity index (χ1n) is 8.92. The molecule has 1 aliphatic rings. The molecule has 144 valence electrons. The zero-order valence-electron chi connectivity index (χ0n) is 15.3. The molecule has 9 heteroatoms. The van der Waals surface area contributed by atoms with Crippen molar-refractivity contribution < 1.29 is 14.7 Å². The lowest BCUT2D eigenvalue weighted by Crippen LogP contribution is -2.30. The van der Waals surface area contributed by atoms with Gasteiger partial charge in [0, 0.05) is 30.9 Å². The second-order valence-electron chi connectivity index (χ2n) is 6.78. The fourth-order valence-corrected chi connectivity index (χ4v) is 3.05. The summed E-state index contributed by atoms with van der Waals surface area (Å²) in [6, 6.07) is 9.38. The van der Waals surface area contributed by atoms with Gasteiger partial charge < -0.3 is 15.7 Å². The lowest BCUT2D eigenvalue weighted by molar-refractivity contribution is 0.0931. The minimum absolute atomic E-state index is 0.130. The molecule has 2 amide bonds. The molecule has 1 aromatic carbocycles. The maximum atomic E-state index is 12.4. The number of aromatic nitrogens is 4. The van der Waals surface area contributed by atoms with E-state index in [2.05, 4.69) is 20.8 Å². The lowest BCUT2D eigenvalue weighted by atomic mass is 10.2. The zero-order valence-corrected chi connectivity index (χ0v) is 15.3. The van der Waals surface area contributed by atoms with E-state index in [-0.39, 0.29) is 36.9 Å². The van der Waals surface area contributed by atoms with Crippen LogP contribution < -0.4 is 10.6 Å². The Bertz CT molecular complexity index is 1040. The van der Waals surface area contributed by atoms with Gasteiger partial charge in [-0.25, -0.2) is 4.68 Å². The molecule has 4 rings (SSSR count). The van der Waals surface area contributed by atoms with Crippen LogP contribution in [0, 0.1) is 6.92 Å². The number of hydrogen-bond donors (Lipinski definition) is 3. The minimum Gasteiger partial charge on any atom is -0.389 e. The second kappa shape index (κ2) is 7.28. The van der Waals surface area contributed by atoms with E-state index in [1.165, 1.54) is 10.7 Å². The van der Waals surface area contributed by atoms with Crippen LogP contribution in [-0.4, -0.2) is 49.1 Å². The molecule has 0 fully saturated rings. The molecule has 3 aromatic rings. The standard InChI is InChI=1S/C19H20N6O3/c1-12-3-2-4-14(5-12)24-10-13(8-22-24)7-20-18(27)16-6-17-19(28)21-9-15(26)11-25(17)23-16/h2-6,8,10,15,26H,7,9,11H2,1H3,(H,20,27)(H,21,28)/t15-/m1/s1. The number of hydrogen-bond acceptors (Lipinski definition) is 5. The van der Waals surface area contributed by atoms with Crippen LogP contribution >= 0.6 is 0 Å². The first kappa shape index (κ1) is 17.9. The molecule has 1 atom stereocenters. The van der Waals surface area contributed by atoms with Gasteiger partial charge in [-0.15, -0.1) is 0 Å². The normalized spacial score (nSPS) is 16.2. The highest BCUT2D eigenvalue weighted by Gasteiger charge is 2.24. The fourth-order valence-electron chi connectivity index (χ4n) is 3.05. The third kappa shape index (κ3) is 3.65. The summed E-state index contributed by atoms with van der Waals surface area (Å²) in [5.41, 5.74) is 3.31. The maximum absolute atomic E-state index is 12.4. The Morgan fingerprint density at radius 2 is 2.25 bits per heavy atom. The van der Waals surface area contributed by atoms with Crippen LogP contribution in [0.25, 0.3) is 5.69 Å². The molecule has 0 aliphatic carbocycles. The van der Waals surface area contributed by atoms with Crippen LogP contribution in [-0.2, 0) is 13.1 Å². The lowest BCUT2D eigenvalue weighted by Gasteiger charge is -2.06. The number of rotatable bonds is 4. The summed E-state index contributed by atoms with van der Waals surface area (Å²) in [5, 5.41) is 23.6. The van der Waals surface area contributed by atoms with Gasteiger partial charge in [0.05, 0.1) is 24.5 Å². The average molecular weight is 380 g/mol. The van der Waals surface area contributed by atoms with Crippen molar-refractivity contribution >= 4 is 11.8 Å². The van der Waals surface area contributed by atoms with Crippen molar-refractivity contribution in [2.45, 2.75) is 26.1 Å². The van der Waals surface area contributed by atoms with E-state index in [0.717, 1.165) is 16.8 Å². The number of aliphatic hydroxyl groups is 1. The number of β-amino-alcohol motifs (C(OH)–C–C–N with tert-alkyl or cyclic N) is 1. The van der Waals surface area contributed by atoms with Crippen molar-refractivity contribution in [3.63, 3.8) is 0 Å². The summed E-state index contributed by atoms with van der Waals surface area (Å²) in [7, 11) is 0. The number of carbonyl (C=O) groups excluding carboxylic acids is 2. The summed E-state index contributed by atoms with van der Waals surface area (Å²) >= 11 is 0. The van der Waals surface area contributed by atoms with Gasteiger partial charge in [0.25, 0.3) is 11.8 Å². The molecule has 0 bridgehead atoms. The number of carbonyl (C=O) groups is 2. The van der Waals surface area contributed by atoms with E-state index < -0.39 is 12.0 Å². The average Bonchev–Trinajstić information content (AvgIpc) is 3.29. The smallest absolute Gasteiger partial charge is 0.272 e. The topological polar surface area (TPSA) is 114 Å². The van der Waals surface area contributed by atoms with Gasteiger partial charge >= 0.3 is 0 Å². The van der Waals surface area contributed by atoms with Crippen LogP contribution in [0.3, 0.4) is 0 Å². The van der Waals surface area contributed by atoms with Gasteiger partial charge in [-0.2, -0.15) is 10.2 Å². The third-order valence-electron chi connectivity index (χ3n) is 4.48. The predicted molar refractivity (Wildman–Crippen MR) is 100 cm³/mol. The molecule has 3 heterocycles. The summed E-state index contributed by atoms with van der Waals surface area (Å²) in [6.07, 6.45) is 2.80. The van der Waals surface area contributed by atoms with E-state index in [4.69, 9.17) is 0 Å². The van der Waals surface area contributed by atoms with Crippen LogP contribution in [0.2, 0.25) is 0 Å². The number of aliphatic hydroxyl groups excluding tert-OH is 1. The Labute approximate surface area is 161 Å². The monoisotopic (exact) mass is 380 g/mol. The minimum atomic E-state index is -0.742. The number of amides is 2. The van der Waals surface area contributed by atoms with Crippen molar-refractivity contribution in [2.75, 3.05) is 6.54 Å². The molecule has 1 aliphatic heterocycles. The van der Waals surface area contributed by atoms with Gasteiger partial charge in [-0.05, 0) is 24.6 Å². The summed E-state index contributed by atoms with van der Waals surface area (Å²) in [6.45, 7) is 2.61. The number of aryl methyl sites for hydroxylation is 1. The summed E-state index contributed by atoms with van der Waals surface area (Å²) in [5.74, 6) is -0.756. The summed E-state index contributed by atoms with van der Waals surface area (Å²) < 4.78 is 3.11. The van der Waals surface area contributed by atoms with Crippen molar-refractivity contribution in [3.8, 4) is 5.69 Å². The van der Waals surface area contributed by atoms with Crippen LogP contribution in [0.1, 0.15) is 32.1 Å². The Hall–Kier alpha value is -3.46. The predicted octanol–water partition coefficient (Wildman–Crippen LogP) is 0.412. The largest absolute Gasteiger partial charge is 0.389 e. The van der Waals surface area contributed by atoms with Gasteiger partial charge in [-0.3, -0.25) is 14.3 Å². The van der Waals surface area contributed by atoms with Crippen molar-refractivity contribution in [1.82, 2.24) is 30.2 Å².